The fourth-order valence-electron chi connectivity index (χ4n) is 5.66. The summed E-state index contributed by atoms with van der Waals surface area (Å²) in [5, 5.41) is 2.67. The Morgan fingerprint density at radius 3 is 2.31 bits per heavy atom. The smallest absolute Gasteiger partial charge is 0.335 e. The summed E-state index contributed by atoms with van der Waals surface area (Å²) in [6.07, 6.45) is 3.24. The molecule has 0 unspecified atom stereocenters. The Morgan fingerprint density at radius 2 is 1.67 bits per heavy atom. The molecule has 4 fully saturated rings. The summed E-state index contributed by atoms with van der Waals surface area (Å²) in [5.74, 6) is -1.16. The number of nitrogens with zero attached hydrogens (tertiary/aromatic N) is 3. The van der Waals surface area contributed by atoms with Crippen LogP contribution in [-0.2, 0) is 14.4 Å². The number of hydrogen-bond donors (Lipinski definition) is 1. The van der Waals surface area contributed by atoms with E-state index >= 15 is 0 Å². The van der Waals surface area contributed by atoms with Crippen molar-refractivity contribution in [1.82, 2.24) is 14.7 Å². The molecule has 0 aromatic heterocycles. The van der Waals surface area contributed by atoms with Crippen molar-refractivity contribution in [2.45, 2.75) is 67.6 Å². The number of alkyl halides is 3. The highest BCUT2D eigenvalue weighted by Crippen LogP contribution is 2.41. The summed E-state index contributed by atoms with van der Waals surface area (Å²) in [5.41, 5.74) is -4.07. The third kappa shape index (κ3) is 4.67. The number of rotatable bonds is 4. The highest BCUT2D eigenvalue weighted by atomic mass is 32.2. The first kappa shape index (κ1) is 24.9. The molecule has 3 heterocycles. The third-order valence-corrected chi connectivity index (χ3v) is 8.22. The van der Waals surface area contributed by atoms with Crippen molar-refractivity contribution < 1.29 is 32.3 Å². The molecule has 1 saturated carbocycles. The molecule has 36 heavy (non-hydrogen) atoms. The number of likely N-dealkylation sites (tertiary alicyclic amines) is 3. The Bertz CT molecular complexity index is 1080. The lowest BCUT2D eigenvalue weighted by Gasteiger charge is -2.32. The molecule has 194 valence electrons. The number of carbonyl (C=O) groups excluding carboxylic acids is 4. The summed E-state index contributed by atoms with van der Waals surface area (Å²) in [4.78, 5) is 56.7. The number of thioether (sulfide) groups is 1. The van der Waals surface area contributed by atoms with Crippen LogP contribution < -0.4 is 5.32 Å². The molecule has 12 heteroatoms. The van der Waals surface area contributed by atoms with Crippen LogP contribution >= 0.6 is 11.8 Å². The van der Waals surface area contributed by atoms with Crippen LogP contribution in [0.3, 0.4) is 0 Å². The van der Waals surface area contributed by atoms with Crippen LogP contribution in [0.5, 0.6) is 0 Å². The Kier molecular flexibility index (Phi) is 6.42. The number of imide groups is 1. The average molecular weight is 525 g/mol. The molecule has 1 aliphatic carbocycles. The van der Waals surface area contributed by atoms with Crippen molar-refractivity contribution >= 4 is 41.2 Å². The molecule has 1 N–H and O–H groups in total. The van der Waals surface area contributed by atoms with Gasteiger partial charge in [0.1, 0.15) is 6.04 Å². The molecule has 5 rings (SSSR count). The van der Waals surface area contributed by atoms with E-state index < -0.39 is 29.5 Å². The quantitative estimate of drug-likeness (QED) is 0.480. The molecular formula is C24H27F3N4O4S. The summed E-state index contributed by atoms with van der Waals surface area (Å²) >= 11 is -0.235. The summed E-state index contributed by atoms with van der Waals surface area (Å²) in [6, 6.07) is 3.43. The van der Waals surface area contributed by atoms with Crippen LogP contribution in [0.15, 0.2) is 29.2 Å². The Morgan fingerprint density at radius 1 is 0.972 bits per heavy atom. The molecule has 4 aliphatic rings. The van der Waals surface area contributed by atoms with Gasteiger partial charge in [-0.3, -0.25) is 19.3 Å². The first-order valence-corrected chi connectivity index (χ1v) is 13.0. The van der Waals surface area contributed by atoms with Gasteiger partial charge in [-0.2, -0.15) is 13.2 Å². The first-order chi connectivity index (χ1) is 17.0. The second kappa shape index (κ2) is 9.28. The number of anilines is 1. The van der Waals surface area contributed by atoms with Crippen molar-refractivity contribution in [3.8, 4) is 0 Å². The minimum atomic E-state index is -4.40. The van der Waals surface area contributed by atoms with Gasteiger partial charge in [-0.15, -0.1) is 0 Å². The van der Waals surface area contributed by atoms with E-state index in [1.807, 2.05) is 0 Å². The first-order valence-electron chi connectivity index (χ1n) is 12.2. The molecule has 1 aromatic carbocycles. The lowest BCUT2D eigenvalue weighted by molar-refractivity contribution is -0.146. The third-order valence-electron chi connectivity index (χ3n) is 7.48. The standard InChI is InChI=1S/C24H27F3N4O4S/c1-13-19-17(31(20(13)32)21(33)14-4-5-14)10-12-30(19)22(34)18-3-2-11-29(18)23(35)28-15-6-8-16(9-7-15)36-24(25,26)27/h6-9,13-14,17-19H,2-5,10-12H2,1H3,(H,28,35)/t13-,17-,18-,19+/m0/s1. The fourth-order valence-corrected chi connectivity index (χ4v) is 6.20. The van der Waals surface area contributed by atoms with Gasteiger partial charge in [-0.1, -0.05) is 6.92 Å². The van der Waals surface area contributed by atoms with E-state index in [2.05, 4.69) is 5.32 Å². The van der Waals surface area contributed by atoms with Gasteiger partial charge in [-0.05, 0) is 68.1 Å². The monoisotopic (exact) mass is 524 g/mol. The van der Waals surface area contributed by atoms with E-state index in [0.29, 0.717) is 38.0 Å². The second-order valence-corrected chi connectivity index (χ2v) is 11.0. The zero-order chi connectivity index (χ0) is 25.8. The van der Waals surface area contributed by atoms with Crippen LogP contribution in [0.2, 0.25) is 0 Å². The zero-order valence-electron chi connectivity index (χ0n) is 19.7. The van der Waals surface area contributed by atoms with Gasteiger partial charge in [0.05, 0.1) is 18.0 Å². The largest absolute Gasteiger partial charge is 0.446 e. The molecule has 1 aromatic rings. The van der Waals surface area contributed by atoms with Crippen molar-refractivity contribution in [1.29, 1.82) is 0 Å². The molecule has 8 nitrogen and oxygen atoms in total. The second-order valence-electron chi connectivity index (χ2n) is 9.84. The van der Waals surface area contributed by atoms with Gasteiger partial charge in [0.25, 0.3) is 0 Å². The lowest BCUT2D eigenvalue weighted by atomic mass is 10.0. The number of nitrogens with one attached hydrogen (secondary N) is 1. The summed E-state index contributed by atoms with van der Waals surface area (Å²) in [6.45, 7) is 2.54. The van der Waals surface area contributed by atoms with E-state index in [9.17, 15) is 32.3 Å². The predicted octanol–water partition coefficient (Wildman–Crippen LogP) is 3.68. The van der Waals surface area contributed by atoms with E-state index in [-0.39, 0.29) is 46.3 Å². The van der Waals surface area contributed by atoms with Crippen LogP contribution in [0, 0.1) is 11.8 Å². The van der Waals surface area contributed by atoms with Gasteiger partial charge in [0, 0.05) is 29.6 Å². The van der Waals surface area contributed by atoms with E-state index in [1.165, 1.54) is 34.1 Å². The molecule has 3 aliphatic heterocycles. The van der Waals surface area contributed by atoms with Crippen LogP contribution in [-0.4, -0.2) is 75.2 Å². The SMILES string of the molecule is C[C@@H]1C(=O)N(C(=O)C2CC2)[C@H]2CCN(C(=O)[C@@H]3CCCN3C(=O)Nc3ccc(SC(F)(F)F)cc3)[C@H]12. The molecule has 0 bridgehead atoms. The molecular weight excluding hydrogens is 497 g/mol. The zero-order valence-corrected chi connectivity index (χ0v) is 20.5. The lowest BCUT2D eigenvalue weighted by Crippen LogP contribution is -2.52. The van der Waals surface area contributed by atoms with Gasteiger partial charge in [-0.25, -0.2) is 4.79 Å². The van der Waals surface area contributed by atoms with Crippen molar-refractivity contribution in [3.05, 3.63) is 24.3 Å². The van der Waals surface area contributed by atoms with E-state index in [0.717, 1.165) is 12.8 Å². The van der Waals surface area contributed by atoms with Gasteiger partial charge in [0.2, 0.25) is 17.7 Å². The van der Waals surface area contributed by atoms with Crippen LogP contribution in [0.1, 0.15) is 39.0 Å². The maximum atomic E-state index is 13.6. The average Bonchev–Trinajstić information content (AvgIpc) is 3.30. The number of halogens is 3. The topological polar surface area (TPSA) is 90.0 Å². The Hall–Kier alpha value is -2.76. The highest BCUT2D eigenvalue weighted by molar-refractivity contribution is 8.00. The van der Waals surface area contributed by atoms with Crippen molar-refractivity contribution in [3.63, 3.8) is 0 Å². The Balaban J connectivity index is 1.25. The molecule has 3 saturated heterocycles. The van der Waals surface area contributed by atoms with E-state index in [4.69, 9.17) is 0 Å². The minimum absolute atomic E-state index is 0.00718. The molecule has 5 amide bonds. The normalized spacial score (nSPS) is 28.0. The molecule has 0 radical (unpaired) electrons. The Labute approximate surface area is 210 Å². The number of carbonyl (C=O) groups is 4. The van der Waals surface area contributed by atoms with Crippen LogP contribution in [0.4, 0.5) is 23.7 Å². The van der Waals surface area contributed by atoms with Crippen LogP contribution in [0.25, 0.3) is 0 Å². The maximum Gasteiger partial charge on any atom is 0.446 e. The van der Waals surface area contributed by atoms with E-state index in [1.54, 1.807) is 11.8 Å². The summed E-state index contributed by atoms with van der Waals surface area (Å²) in [7, 11) is 0. The maximum absolute atomic E-state index is 13.6. The number of urea groups is 1. The number of fused-ring (bicyclic) bond motifs is 1. The van der Waals surface area contributed by atoms with Gasteiger partial charge in [0.15, 0.2) is 0 Å². The highest BCUT2D eigenvalue weighted by Gasteiger charge is 2.57. The number of benzene rings is 1. The van der Waals surface area contributed by atoms with Crippen molar-refractivity contribution in [2.75, 3.05) is 18.4 Å². The van der Waals surface area contributed by atoms with Gasteiger partial charge < -0.3 is 15.1 Å². The van der Waals surface area contributed by atoms with Crippen molar-refractivity contribution in [2.24, 2.45) is 11.8 Å². The molecule has 0 spiro atoms. The number of amides is 5. The molecule has 4 atom stereocenters. The number of hydrogen-bond acceptors (Lipinski definition) is 5. The predicted molar refractivity (Wildman–Crippen MR) is 125 cm³/mol. The minimum Gasteiger partial charge on any atom is -0.335 e. The summed E-state index contributed by atoms with van der Waals surface area (Å²) < 4.78 is 37.6. The fraction of sp³-hybridized carbons (Fsp3) is 0.583. The van der Waals surface area contributed by atoms with Gasteiger partial charge >= 0.3 is 11.5 Å².